The second-order valence-electron chi connectivity index (χ2n) is 13.0. The number of carbonyl (C=O) groups excluding carboxylic acids is 3. The molecule has 0 saturated carbocycles. The smallest absolute Gasteiger partial charge is 0.338 e. The van der Waals surface area contributed by atoms with E-state index in [0.29, 0.717) is 0 Å². The molecular weight excluding hydrogens is 784 g/mol. The van der Waals surface area contributed by atoms with Gasteiger partial charge in [-0.1, -0.05) is 6.92 Å². The third-order valence-corrected chi connectivity index (χ3v) is 7.59. The van der Waals surface area contributed by atoms with Crippen LogP contribution in [0.15, 0.2) is 36.4 Å². The van der Waals surface area contributed by atoms with Crippen LogP contribution >= 0.6 is 0 Å². The quantitative estimate of drug-likeness (QED) is 0.0197. The van der Waals surface area contributed by atoms with Gasteiger partial charge in [-0.3, -0.25) is 0 Å². The van der Waals surface area contributed by atoms with Gasteiger partial charge in [0.2, 0.25) is 0 Å². The van der Waals surface area contributed by atoms with Gasteiger partial charge in [0.05, 0.1) is 56.3 Å². The summed E-state index contributed by atoms with van der Waals surface area (Å²) in [4.78, 5) is 36.7. The molecule has 58 heavy (non-hydrogen) atoms. The van der Waals surface area contributed by atoms with Crippen LogP contribution < -0.4 is 0 Å². The van der Waals surface area contributed by atoms with Gasteiger partial charge in [-0.25, -0.2) is 14.4 Å². The zero-order chi connectivity index (χ0) is 43.2. The minimum Gasteiger partial charge on any atom is -0.504 e. The zero-order valence-electron chi connectivity index (χ0n) is 30.7. The van der Waals surface area contributed by atoms with E-state index in [-0.39, 0.29) is 56.3 Å². The number of esters is 3. The summed E-state index contributed by atoms with van der Waals surface area (Å²) in [5.74, 6) is -10.2. The van der Waals surface area contributed by atoms with E-state index in [9.17, 15) is 75.7 Å². The Hall–Kier alpha value is -6.01. The monoisotopic (exact) mass is 828 g/mol. The van der Waals surface area contributed by atoms with Crippen LogP contribution in [0.4, 0.5) is 0 Å². The van der Waals surface area contributed by atoms with Crippen molar-refractivity contribution in [3.05, 3.63) is 53.1 Å². The molecule has 12 N–H and O–H groups in total. The Balaban J connectivity index is 1.48. The predicted molar refractivity (Wildman–Crippen MR) is 190 cm³/mol. The number of ether oxygens (including phenoxy) is 7. The fourth-order valence-electron chi connectivity index (χ4n) is 4.61. The maximum absolute atomic E-state index is 12.3. The number of aromatic hydroxyl groups is 9. The Labute approximate surface area is 328 Å². The number of hydrogen-bond donors (Lipinski definition) is 12. The van der Waals surface area contributed by atoms with Gasteiger partial charge in [0, 0.05) is 5.41 Å². The minimum absolute atomic E-state index is 0.163. The fraction of sp³-hybridized carbons (Fsp3) is 0.417. The van der Waals surface area contributed by atoms with Crippen molar-refractivity contribution < 1.29 is 109 Å². The molecule has 3 rings (SSSR count). The lowest BCUT2D eigenvalue weighted by molar-refractivity contribution is -0.133. The average Bonchev–Trinajstić information content (AvgIpc) is 3.17. The standard InChI is InChI=1S/C36H44O22/c1-36(14-52-8-21(37)11-56-33(49)18-2-24(40)30(46)25(41)3-18,15-53-9-22(38)12-57-34(50)19-4-26(42)31(47)27(43)5-19)16-55-17-54-10-23(39)13-58-35(51)20-6-28(44)32(48)29(45)7-20/h2-7,21-23,37-48H,8-17H2,1H3. The van der Waals surface area contributed by atoms with Gasteiger partial charge in [-0.05, 0) is 36.4 Å². The van der Waals surface area contributed by atoms with Crippen molar-refractivity contribution in [3.63, 3.8) is 0 Å². The Bertz CT molecular complexity index is 1710. The molecule has 3 unspecified atom stereocenters. The Morgan fingerprint density at radius 1 is 0.448 bits per heavy atom. The van der Waals surface area contributed by atoms with Gasteiger partial charge in [0.1, 0.15) is 44.9 Å². The van der Waals surface area contributed by atoms with E-state index >= 15 is 0 Å². The van der Waals surface area contributed by atoms with Crippen molar-refractivity contribution in [1.29, 1.82) is 0 Å². The molecule has 0 saturated heterocycles. The molecule has 22 nitrogen and oxygen atoms in total. The third kappa shape index (κ3) is 14.2. The number of benzene rings is 3. The molecule has 320 valence electrons. The summed E-state index contributed by atoms with van der Waals surface area (Å²) in [6.07, 6.45) is -4.08. The maximum Gasteiger partial charge on any atom is 0.338 e. The maximum atomic E-state index is 12.3. The summed E-state index contributed by atoms with van der Waals surface area (Å²) in [5.41, 5.74) is -1.98. The van der Waals surface area contributed by atoms with Gasteiger partial charge in [-0.2, -0.15) is 0 Å². The molecular formula is C36H44O22. The van der Waals surface area contributed by atoms with E-state index < -0.39 is 120 Å². The highest BCUT2D eigenvalue weighted by Crippen LogP contribution is 2.37. The molecule has 0 bridgehead atoms. The SMILES string of the molecule is CC(COCOCC(O)COC(=O)c1cc(O)c(O)c(O)c1)(COCC(O)COC(=O)c1cc(O)c(O)c(O)c1)COCC(O)COC(=O)c1cc(O)c(O)c(O)c1. The summed E-state index contributed by atoms with van der Waals surface area (Å²) in [5, 5.41) is 117. The van der Waals surface area contributed by atoms with E-state index in [0.717, 1.165) is 36.4 Å². The van der Waals surface area contributed by atoms with Crippen LogP contribution in [0.3, 0.4) is 0 Å². The van der Waals surface area contributed by atoms with E-state index in [2.05, 4.69) is 0 Å². The van der Waals surface area contributed by atoms with Gasteiger partial charge in [0.15, 0.2) is 51.7 Å². The molecule has 0 fully saturated rings. The molecule has 3 aromatic rings. The van der Waals surface area contributed by atoms with Gasteiger partial charge in [0.25, 0.3) is 0 Å². The first-order valence-corrected chi connectivity index (χ1v) is 16.9. The van der Waals surface area contributed by atoms with Crippen molar-refractivity contribution in [1.82, 2.24) is 0 Å². The van der Waals surface area contributed by atoms with Crippen molar-refractivity contribution >= 4 is 17.9 Å². The van der Waals surface area contributed by atoms with Crippen LogP contribution in [0.1, 0.15) is 38.0 Å². The van der Waals surface area contributed by atoms with Crippen LogP contribution in [0.25, 0.3) is 0 Å². The van der Waals surface area contributed by atoms with Crippen molar-refractivity contribution in [2.45, 2.75) is 25.2 Å². The van der Waals surface area contributed by atoms with Gasteiger partial charge < -0.3 is 94.4 Å². The number of hydrogen-bond acceptors (Lipinski definition) is 22. The van der Waals surface area contributed by atoms with E-state index in [1.54, 1.807) is 6.92 Å². The first-order chi connectivity index (χ1) is 27.3. The molecule has 0 aliphatic rings. The highest BCUT2D eigenvalue weighted by molar-refractivity contribution is 5.92. The molecule has 0 heterocycles. The molecule has 0 amide bonds. The van der Waals surface area contributed by atoms with Crippen LogP contribution in [-0.4, -0.2) is 164 Å². The fourth-order valence-corrected chi connectivity index (χ4v) is 4.61. The van der Waals surface area contributed by atoms with Crippen LogP contribution in [0, 0.1) is 5.41 Å². The Kier molecular flexibility index (Phi) is 17.2. The summed E-state index contributed by atoms with van der Waals surface area (Å²) in [6, 6.07) is 5.08. The Morgan fingerprint density at radius 2 is 0.707 bits per heavy atom. The third-order valence-electron chi connectivity index (χ3n) is 7.59. The highest BCUT2D eigenvalue weighted by atomic mass is 16.7. The van der Waals surface area contributed by atoms with Crippen molar-refractivity contribution in [2.75, 3.05) is 66.3 Å². The highest BCUT2D eigenvalue weighted by Gasteiger charge is 2.28. The van der Waals surface area contributed by atoms with E-state index in [4.69, 9.17) is 33.2 Å². The molecule has 3 aromatic carbocycles. The first kappa shape index (κ1) is 46.4. The molecule has 0 spiro atoms. The number of rotatable bonds is 23. The predicted octanol–water partition coefficient (Wildman–Crippen LogP) is 0.0207. The number of phenolic OH excluding ortho intramolecular Hbond substituents is 9. The molecule has 22 heteroatoms. The molecule has 0 aliphatic heterocycles. The summed E-state index contributed by atoms with van der Waals surface area (Å²) in [7, 11) is 0. The number of aliphatic hydroxyl groups excluding tert-OH is 3. The van der Waals surface area contributed by atoms with Gasteiger partial charge in [-0.15, -0.1) is 0 Å². The summed E-state index contributed by atoms with van der Waals surface area (Å²) >= 11 is 0. The lowest BCUT2D eigenvalue weighted by atomic mass is 9.94. The lowest BCUT2D eigenvalue weighted by Crippen LogP contribution is -2.37. The first-order valence-electron chi connectivity index (χ1n) is 16.9. The second-order valence-corrected chi connectivity index (χ2v) is 13.0. The topological polar surface area (TPSA) is 359 Å². The van der Waals surface area contributed by atoms with Crippen LogP contribution in [0.5, 0.6) is 51.7 Å². The van der Waals surface area contributed by atoms with Crippen LogP contribution in [-0.2, 0) is 33.2 Å². The van der Waals surface area contributed by atoms with E-state index in [1.807, 2.05) is 0 Å². The van der Waals surface area contributed by atoms with Crippen molar-refractivity contribution in [2.24, 2.45) is 5.41 Å². The Morgan fingerprint density at radius 3 is 1.00 bits per heavy atom. The summed E-state index contributed by atoms with van der Waals surface area (Å²) < 4.78 is 36.8. The molecule has 3 atom stereocenters. The van der Waals surface area contributed by atoms with Gasteiger partial charge >= 0.3 is 17.9 Å². The number of carbonyl (C=O) groups is 3. The summed E-state index contributed by atoms with van der Waals surface area (Å²) in [6.45, 7) is -2.20. The molecule has 0 aliphatic carbocycles. The zero-order valence-corrected chi connectivity index (χ0v) is 30.7. The number of phenols is 9. The number of aliphatic hydroxyl groups is 3. The average molecular weight is 829 g/mol. The minimum atomic E-state index is -1.37. The van der Waals surface area contributed by atoms with Crippen LogP contribution in [0.2, 0.25) is 0 Å². The second kappa shape index (κ2) is 21.5. The molecule has 0 radical (unpaired) electrons. The van der Waals surface area contributed by atoms with E-state index in [1.165, 1.54) is 0 Å². The normalized spacial score (nSPS) is 13.9. The molecule has 0 aromatic heterocycles. The lowest BCUT2D eigenvalue weighted by Gasteiger charge is -2.30. The largest absolute Gasteiger partial charge is 0.504 e. The van der Waals surface area contributed by atoms with Crippen molar-refractivity contribution in [3.8, 4) is 51.7 Å².